The molecule has 0 saturated carbocycles. The van der Waals surface area contributed by atoms with Crippen molar-refractivity contribution < 1.29 is 4.79 Å². The van der Waals surface area contributed by atoms with Crippen LogP contribution in [0.4, 0.5) is 0 Å². The zero-order valence-corrected chi connectivity index (χ0v) is 13.9. The van der Waals surface area contributed by atoms with Crippen molar-refractivity contribution in [3.8, 4) is 0 Å². The molecule has 3 heterocycles. The van der Waals surface area contributed by atoms with Gasteiger partial charge in [0.15, 0.2) is 0 Å². The zero-order chi connectivity index (χ0) is 15.5. The van der Waals surface area contributed by atoms with Crippen LogP contribution in [0.2, 0.25) is 0 Å². The molecule has 0 unspecified atom stereocenters. The fourth-order valence-electron chi connectivity index (χ4n) is 3.06. The molecule has 1 atom stereocenters. The van der Waals surface area contributed by atoms with Crippen molar-refractivity contribution in [1.29, 1.82) is 0 Å². The Hall–Kier alpha value is -1.69. The molecule has 0 spiro atoms. The van der Waals surface area contributed by atoms with Crippen LogP contribution in [-0.2, 0) is 11.3 Å². The molecule has 0 aliphatic carbocycles. The summed E-state index contributed by atoms with van der Waals surface area (Å²) in [5.41, 5.74) is 2.92. The summed E-state index contributed by atoms with van der Waals surface area (Å²) in [6.45, 7) is 6.35. The lowest BCUT2D eigenvalue weighted by atomic mass is 9.96. The summed E-state index contributed by atoms with van der Waals surface area (Å²) in [5.74, 6) is 1.72. The van der Waals surface area contributed by atoms with E-state index in [0.29, 0.717) is 5.92 Å². The van der Waals surface area contributed by atoms with Crippen LogP contribution in [0, 0.1) is 5.92 Å². The van der Waals surface area contributed by atoms with E-state index >= 15 is 0 Å². The van der Waals surface area contributed by atoms with Gasteiger partial charge in [-0.25, -0.2) is 9.97 Å². The molecule has 0 N–H and O–H groups in total. The standard InChI is InChI=1S/C16H22N4OS/c1-12(2)16(21)20-6-3-4-13(8-20)15-17-5-7-19(15)9-14-10-22-11-18-14/h5,7,10-13H,3-4,6,8-9H2,1-2H3/t13-/m0/s1. The molecule has 0 bridgehead atoms. The van der Waals surface area contributed by atoms with Crippen LogP contribution in [0.25, 0.3) is 0 Å². The fourth-order valence-corrected chi connectivity index (χ4v) is 3.61. The van der Waals surface area contributed by atoms with Crippen molar-refractivity contribution in [3.63, 3.8) is 0 Å². The number of hydrogen-bond donors (Lipinski definition) is 0. The number of amides is 1. The largest absolute Gasteiger partial charge is 0.342 e. The van der Waals surface area contributed by atoms with E-state index < -0.39 is 0 Å². The second-order valence-electron chi connectivity index (χ2n) is 6.17. The average Bonchev–Trinajstić information content (AvgIpc) is 3.18. The van der Waals surface area contributed by atoms with Gasteiger partial charge >= 0.3 is 0 Å². The minimum atomic E-state index is 0.0634. The lowest BCUT2D eigenvalue weighted by Gasteiger charge is -2.33. The Balaban J connectivity index is 1.74. The highest BCUT2D eigenvalue weighted by Gasteiger charge is 2.28. The zero-order valence-electron chi connectivity index (χ0n) is 13.1. The number of carbonyl (C=O) groups excluding carboxylic acids is 1. The number of thiazole rings is 1. The number of rotatable bonds is 4. The first-order valence-corrected chi connectivity index (χ1v) is 8.76. The first-order chi connectivity index (χ1) is 10.6. The molecule has 2 aromatic heterocycles. The number of imidazole rings is 1. The maximum atomic E-state index is 12.2. The third-order valence-electron chi connectivity index (χ3n) is 4.16. The molecule has 1 fully saturated rings. The number of carbonyl (C=O) groups is 1. The van der Waals surface area contributed by atoms with E-state index in [2.05, 4.69) is 19.9 Å². The molecule has 118 valence electrons. The number of likely N-dealkylation sites (tertiary alicyclic amines) is 1. The van der Waals surface area contributed by atoms with E-state index in [9.17, 15) is 4.79 Å². The van der Waals surface area contributed by atoms with Gasteiger partial charge < -0.3 is 9.47 Å². The highest BCUT2D eigenvalue weighted by atomic mass is 32.1. The summed E-state index contributed by atoms with van der Waals surface area (Å²) in [6, 6.07) is 0. The molecule has 1 aliphatic rings. The van der Waals surface area contributed by atoms with Crippen LogP contribution < -0.4 is 0 Å². The van der Waals surface area contributed by atoms with Crippen molar-refractivity contribution in [1.82, 2.24) is 19.4 Å². The van der Waals surface area contributed by atoms with E-state index in [1.807, 2.05) is 36.7 Å². The maximum Gasteiger partial charge on any atom is 0.225 e. The number of nitrogens with zero attached hydrogens (tertiary/aromatic N) is 4. The minimum absolute atomic E-state index is 0.0634. The predicted octanol–water partition coefficient (Wildman–Crippen LogP) is 2.75. The fraction of sp³-hybridized carbons (Fsp3) is 0.562. The van der Waals surface area contributed by atoms with Gasteiger partial charge in [0, 0.05) is 42.7 Å². The van der Waals surface area contributed by atoms with Gasteiger partial charge in [-0.1, -0.05) is 13.8 Å². The SMILES string of the molecule is CC(C)C(=O)N1CCC[C@H](c2nccn2Cc2cscn2)C1. The Labute approximate surface area is 135 Å². The summed E-state index contributed by atoms with van der Waals surface area (Å²) in [5, 5.41) is 2.07. The van der Waals surface area contributed by atoms with E-state index in [4.69, 9.17) is 0 Å². The summed E-state index contributed by atoms with van der Waals surface area (Å²) in [4.78, 5) is 23.2. The van der Waals surface area contributed by atoms with Crippen LogP contribution in [0.3, 0.4) is 0 Å². The van der Waals surface area contributed by atoms with Gasteiger partial charge in [-0.05, 0) is 12.8 Å². The van der Waals surface area contributed by atoms with Gasteiger partial charge in [0.25, 0.3) is 0 Å². The van der Waals surface area contributed by atoms with Gasteiger partial charge in [0.2, 0.25) is 5.91 Å². The molecular weight excluding hydrogens is 296 g/mol. The molecule has 1 saturated heterocycles. The molecule has 22 heavy (non-hydrogen) atoms. The Morgan fingerprint density at radius 2 is 2.32 bits per heavy atom. The molecule has 5 nitrogen and oxygen atoms in total. The first kappa shape index (κ1) is 15.2. The van der Waals surface area contributed by atoms with Crippen molar-refractivity contribution in [2.24, 2.45) is 5.92 Å². The van der Waals surface area contributed by atoms with E-state index in [0.717, 1.165) is 44.0 Å². The summed E-state index contributed by atoms with van der Waals surface area (Å²) in [6.07, 6.45) is 6.01. The number of aromatic nitrogens is 3. The molecule has 2 aromatic rings. The lowest BCUT2D eigenvalue weighted by Crippen LogP contribution is -2.41. The Morgan fingerprint density at radius 3 is 3.05 bits per heavy atom. The van der Waals surface area contributed by atoms with E-state index in [1.165, 1.54) is 0 Å². The molecule has 1 amide bonds. The van der Waals surface area contributed by atoms with Crippen LogP contribution in [0.15, 0.2) is 23.3 Å². The third-order valence-corrected chi connectivity index (χ3v) is 4.79. The molecular formula is C16H22N4OS. The third kappa shape index (κ3) is 3.21. The monoisotopic (exact) mass is 318 g/mol. The minimum Gasteiger partial charge on any atom is -0.342 e. The van der Waals surface area contributed by atoms with Crippen molar-refractivity contribution in [2.45, 2.75) is 39.2 Å². The summed E-state index contributed by atoms with van der Waals surface area (Å²) < 4.78 is 2.17. The van der Waals surface area contributed by atoms with Crippen LogP contribution in [-0.4, -0.2) is 38.4 Å². The van der Waals surface area contributed by atoms with Gasteiger partial charge in [-0.15, -0.1) is 11.3 Å². The first-order valence-electron chi connectivity index (χ1n) is 7.82. The summed E-state index contributed by atoms with van der Waals surface area (Å²) >= 11 is 1.61. The van der Waals surface area contributed by atoms with Gasteiger partial charge in [-0.2, -0.15) is 0 Å². The molecule has 0 aromatic carbocycles. The van der Waals surface area contributed by atoms with E-state index in [-0.39, 0.29) is 11.8 Å². The van der Waals surface area contributed by atoms with Crippen molar-refractivity contribution >= 4 is 17.2 Å². The second kappa shape index (κ2) is 6.60. The van der Waals surface area contributed by atoms with Crippen LogP contribution >= 0.6 is 11.3 Å². The highest BCUT2D eigenvalue weighted by Crippen LogP contribution is 2.27. The van der Waals surface area contributed by atoms with Gasteiger partial charge in [0.05, 0.1) is 17.7 Å². The maximum absolute atomic E-state index is 12.2. The van der Waals surface area contributed by atoms with Crippen LogP contribution in [0.1, 0.15) is 44.1 Å². The summed E-state index contributed by atoms with van der Waals surface area (Å²) in [7, 11) is 0. The second-order valence-corrected chi connectivity index (χ2v) is 6.89. The molecule has 3 rings (SSSR count). The quantitative estimate of drug-likeness (QED) is 0.871. The van der Waals surface area contributed by atoms with Crippen molar-refractivity contribution in [3.05, 3.63) is 34.8 Å². The smallest absolute Gasteiger partial charge is 0.225 e. The van der Waals surface area contributed by atoms with Crippen molar-refractivity contribution in [2.75, 3.05) is 13.1 Å². The molecule has 6 heteroatoms. The Morgan fingerprint density at radius 1 is 1.45 bits per heavy atom. The Bertz CT molecular complexity index is 620. The molecule has 1 aliphatic heterocycles. The number of hydrogen-bond acceptors (Lipinski definition) is 4. The van der Waals surface area contributed by atoms with Crippen LogP contribution in [0.5, 0.6) is 0 Å². The predicted molar refractivity (Wildman–Crippen MR) is 86.8 cm³/mol. The lowest BCUT2D eigenvalue weighted by molar-refractivity contribution is -0.135. The number of piperidine rings is 1. The normalized spacial score (nSPS) is 18.9. The van der Waals surface area contributed by atoms with Gasteiger partial charge in [-0.3, -0.25) is 4.79 Å². The van der Waals surface area contributed by atoms with Gasteiger partial charge in [0.1, 0.15) is 5.82 Å². The highest BCUT2D eigenvalue weighted by molar-refractivity contribution is 7.07. The average molecular weight is 318 g/mol. The topological polar surface area (TPSA) is 51.0 Å². The van der Waals surface area contributed by atoms with E-state index in [1.54, 1.807) is 11.3 Å². The Kier molecular flexibility index (Phi) is 4.57. The molecule has 0 radical (unpaired) electrons.